The van der Waals surface area contributed by atoms with Crippen molar-refractivity contribution in [3.05, 3.63) is 101 Å². The number of pyridine rings is 1. The summed E-state index contributed by atoms with van der Waals surface area (Å²) < 4.78 is 29.1. The smallest absolute Gasteiger partial charge is 0.274 e. The molecule has 3 N–H and O–H groups in total. The van der Waals surface area contributed by atoms with Crippen LogP contribution in [0.3, 0.4) is 0 Å². The van der Waals surface area contributed by atoms with Crippen LogP contribution < -0.4 is 10.6 Å². The fraction of sp³-hybridized carbons (Fsp3) is 0.125. The molecule has 9 heteroatoms. The molecule has 4 aromatic rings. The van der Waals surface area contributed by atoms with Gasteiger partial charge in [0, 0.05) is 24.2 Å². The highest BCUT2D eigenvalue weighted by molar-refractivity contribution is 6.04. The average Bonchev–Trinajstić information content (AvgIpc) is 3.35. The highest BCUT2D eigenvalue weighted by Crippen LogP contribution is 2.31. The molecule has 1 aliphatic carbocycles. The summed E-state index contributed by atoms with van der Waals surface area (Å²) in [4.78, 5) is 29.5. The number of halogens is 2. The molecular formula is C24H18F2N4O3. The molecule has 0 bridgehead atoms. The van der Waals surface area contributed by atoms with Crippen molar-refractivity contribution in [2.75, 3.05) is 5.32 Å². The maximum atomic E-state index is 14.4. The summed E-state index contributed by atoms with van der Waals surface area (Å²) in [5.74, 6) is -2.42. The third kappa shape index (κ3) is 3.83. The van der Waals surface area contributed by atoms with Crippen molar-refractivity contribution in [2.45, 2.75) is 18.6 Å². The fourth-order valence-corrected chi connectivity index (χ4v) is 4.04. The molecule has 0 aliphatic heterocycles. The summed E-state index contributed by atoms with van der Waals surface area (Å²) in [7, 11) is 0. The normalized spacial score (nSPS) is 17.1. The number of hydrogen-bond donors (Lipinski definition) is 3. The van der Waals surface area contributed by atoms with E-state index in [2.05, 4.69) is 15.6 Å². The number of carbonyl (C=O) groups excluding carboxylic acids is 2. The molecule has 2 heterocycles. The number of benzene rings is 2. The number of amides is 2. The SMILES string of the molecule is O=C(N[C@@H]1c2ccccc2C[C@@H]1O)c1ccc(F)c(NC(=O)c2cnc3cc(F)ccn23)c1. The molecule has 7 nitrogen and oxygen atoms in total. The Bertz CT molecular complexity index is 1400. The Kier molecular flexibility index (Phi) is 5.10. The summed E-state index contributed by atoms with van der Waals surface area (Å²) in [5.41, 5.74) is 2.00. The number of hydrogen-bond acceptors (Lipinski definition) is 4. The highest BCUT2D eigenvalue weighted by atomic mass is 19.1. The summed E-state index contributed by atoms with van der Waals surface area (Å²) in [6, 6.07) is 12.8. The largest absolute Gasteiger partial charge is 0.390 e. The molecule has 0 spiro atoms. The van der Waals surface area contributed by atoms with Gasteiger partial charge in [0.15, 0.2) is 0 Å². The first kappa shape index (κ1) is 20.8. The van der Waals surface area contributed by atoms with Gasteiger partial charge >= 0.3 is 0 Å². The van der Waals surface area contributed by atoms with Crippen molar-refractivity contribution in [3.63, 3.8) is 0 Å². The molecule has 33 heavy (non-hydrogen) atoms. The zero-order valence-corrected chi connectivity index (χ0v) is 17.1. The number of nitrogens with one attached hydrogen (secondary N) is 2. The predicted molar refractivity (Wildman–Crippen MR) is 116 cm³/mol. The highest BCUT2D eigenvalue weighted by Gasteiger charge is 2.32. The third-order valence-corrected chi connectivity index (χ3v) is 5.68. The third-order valence-electron chi connectivity index (χ3n) is 5.68. The molecule has 0 unspecified atom stereocenters. The van der Waals surface area contributed by atoms with Crippen molar-refractivity contribution in [2.24, 2.45) is 0 Å². The molecular weight excluding hydrogens is 430 g/mol. The van der Waals surface area contributed by atoms with Crippen LogP contribution in [0.5, 0.6) is 0 Å². The molecule has 2 atom stereocenters. The Morgan fingerprint density at radius 3 is 2.73 bits per heavy atom. The zero-order chi connectivity index (χ0) is 23.1. The standard InChI is InChI=1S/C24H18F2N4O3/c25-15-7-8-30-19(12-27-21(30)11-15)24(33)28-18-9-14(5-6-17(18)26)23(32)29-22-16-4-2-1-3-13(16)10-20(22)31/h1-9,11-12,20,22,31H,10H2,(H,28,33)(H,29,32)/t20-,22+/m0/s1. The second kappa shape index (κ2) is 8.10. The Hall–Kier alpha value is -4.11. The lowest BCUT2D eigenvalue weighted by atomic mass is 10.1. The van der Waals surface area contributed by atoms with Crippen LogP contribution in [0, 0.1) is 11.6 Å². The van der Waals surface area contributed by atoms with Crippen molar-refractivity contribution < 1.29 is 23.5 Å². The second-order valence-corrected chi connectivity index (χ2v) is 7.79. The summed E-state index contributed by atoms with van der Waals surface area (Å²) in [6.07, 6.45) is 2.25. The van der Waals surface area contributed by atoms with Gasteiger partial charge in [0.2, 0.25) is 0 Å². The van der Waals surface area contributed by atoms with E-state index in [-0.39, 0.29) is 22.6 Å². The summed E-state index contributed by atoms with van der Waals surface area (Å²) >= 11 is 0. The van der Waals surface area contributed by atoms with Crippen LogP contribution in [0.2, 0.25) is 0 Å². The number of nitrogens with zero attached hydrogens (tertiary/aromatic N) is 2. The van der Waals surface area contributed by atoms with Gasteiger partial charge in [-0.25, -0.2) is 13.8 Å². The van der Waals surface area contributed by atoms with Crippen LogP contribution in [0.1, 0.15) is 38.0 Å². The van der Waals surface area contributed by atoms with Crippen molar-refractivity contribution in [1.82, 2.24) is 14.7 Å². The molecule has 166 valence electrons. The van der Waals surface area contributed by atoms with E-state index in [1.54, 1.807) is 0 Å². The van der Waals surface area contributed by atoms with Crippen molar-refractivity contribution in [3.8, 4) is 0 Å². The van der Waals surface area contributed by atoms with Gasteiger partial charge in [-0.1, -0.05) is 24.3 Å². The number of rotatable bonds is 4. The van der Waals surface area contributed by atoms with Gasteiger partial charge in [0.25, 0.3) is 11.8 Å². The first-order valence-electron chi connectivity index (χ1n) is 10.2. The minimum absolute atomic E-state index is 0.0740. The van der Waals surface area contributed by atoms with Crippen LogP contribution >= 0.6 is 0 Å². The lowest BCUT2D eigenvalue weighted by Crippen LogP contribution is -2.34. The number of aromatic nitrogens is 2. The maximum absolute atomic E-state index is 14.4. The summed E-state index contributed by atoms with van der Waals surface area (Å²) in [6.45, 7) is 0. The van der Waals surface area contributed by atoms with E-state index in [4.69, 9.17) is 0 Å². The van der Waals surface area contributed by atoms with E-state index < -0.39 is 35.6 Å². The molecule has 5 rings (SSSR count). The molecule has 2 aromatic carbocycles. The van der Waals surface area contributed by atoms with Crippen LogP contribution in [0.4, 0.5) is 14.5 Å². The van der Waals surface area contributed by atoms with Crippen LogP contribution in [-0.4, -0.2) is 32.4 Å². The molecule has 1 aliphatic rings. The molecule has 0 radical (unpaired) electrons. The molecule has 0 saturated carbocycles. The van der Waals surface area contributed by atoms with Gasteiger partial charge < -0.3 is 15.7 Å². The first-order valence-corrected chi connectivity index (χ1v) is 10.2. The zero-order valence-electron chi connectivity index (χ0n) is 17.1. The van der Waals surface area contributed by atoms with Gasteiger partial charge in [-0.3, -0.25) is 14.0 Å². The van der Waals surface area contributed by atoms with Gasteiger partial charge in [0.05, 0.1) is 24.0 Å². The van der Waals surface area contributed by atoms with Gasteiger partial charge in [-0.2, -0.15) is 0 Å². The topological polar surface area (TPSA) is 95.7 Å². The van der Waals surface area contributed by atoms with Crippen molar-refractivity contribution >= 4 is 23.1 Å². The Morgan fingerprint density at radius 2 is 1.88 bits per heavy atom. The molecule has 2 aromatic heterocycles. The van der Waals surface area contributed by atoms with E-state index in [1.807, 2.05) is 24.3 Å². The van der Waals surface area contributed by atoms with Crippen LogP contribution in [0.25, 0.3) is 5.65 Å². The van der Waals surface area contributed by atoms with Gasteiger partial charge in [-0.15, -0.1) is 0 Å². The Balaban J connectivity index is 1.37. The maximum Gasteiger partial charge on any atom is 0.274 e. The number of carbonyl (C=O) groups is 2. The quantitative estimate of drug-likeness (QED) is 0.447. The minimum atomic E-state index is -0.772. The number of anilines is 1. The number of fused-ring (bicyclic) bond motifs is 2. The second-order valence-electron chi connectivity index (χ2n) is 7.79. The Morgan fingerprint density at radius 1 is 1.06 bits per heavy atom. The van der Waals surface area contributed by atoms with E-state index in [9.17, 15) is 23.5 Å². The average molecular weight is 448 g/mol. The van der Waals surface area contributed by atoms with E-state index in [0.717, 1.165) is 23.3 Å². The van der Waals surface area contributed by atoms with E-state index >= 15 is 0 Å². The first-order chi connectivity index (χ1) is 15.9. The molecule has 0 saturated heterocycles. The minimum Gasteiger partial charge on any atom is -0.390 e. The number of imidazole rings is 1. The lowest BCUT2D eigenvalue weighted by Gasteiger charge is -2.18. The fourth-order valence-electron chi connectivity index (χ4n) is 4.04. The van der Waals surface area contributed by atoms with E-state index in [1.165, 1.54) is 35.0 Å². The summed E-state index contributed by atoms with van der Waals surface area (Å²) in [5, 5.41) is 15.6. The Labute approximate surface area is 186 Å². The molecule has 0 fully saturated rings. The van der Waals surface area contributed by atoms with Crippen LogP contribution in [-0.2, 0) is 6.42 Å². The number of aliphatic hydroxyl groups is 1. The monoisotopic (exact) mass is 448 g/mol. The van der Waals surface area contributed by atoms with Crippen LogP contribution in [0.15, 0.2) is 67.0 Å². The number of aliphatic hydroxyl groups excluding tert-OH is 1. The lowest BCUT2D eigenvalue weighted by molar-refractivity contribution is 0.0857. The van der Waals surface area contributed by atoms with Gasteiger partial charge in [-0.05, 0) is 35.4 Å². The van der Waals surface area contributed by atoms with E-state index in [0.29, 0.717) is 6.42 Å². The van der Waals surface area contributed by atoms with Gasteiger partial charge in [0.1, 0.15) is 23.0 Å². The predicted octanol–water partition coefficient (Wildman–Crippen LogP) is 3.25. The molecule has 2 amide bonds. The van der Waals surface area contributed by atoms with Crippen molar-refractivity contribution in [1.29, 1.82) is 0 Å².